The zero-order chi connectivity index (χ0) is 33.8. The lowest BCUT2D eigenvalue weighted by atomic mass is 9.89. The summed E-state index contributed by atoms with van der Waals surface area (Å²) in [7, 11) is 3.53. The molecule has 1 saturated carbocycles. The molecule has 1 aliphatic carbocycles. The Morgan fingerprint density at radius 2 is 1.80 bits per heavy atom. The number of anilines is 2. The first kappa shape index (κ1) is 31.1. The number of benzene rings is 2. The molecule has 4 aromatic heterocycles. The maximum atomic E-state index is 13.4. The van der Waals surface area contributed by atoms with Crippen molar-refractivity contribution in [2.45, 2.75) is 70.6 Å². The Bertz CT molecular complexity index is 2180. The van der Waals surface area contributed by atoms with Gasteiger partial charge in [0.25, 0.3) is 5.91 Å². The van der Waals surface area contributed by atoms with Crippen molar-refractivity contribution in [2.24, 2.45) is 7.05 Å². The van der Waals surface area contributed by atoms with Gasteiger partial charge >= 0.3 is 0 Å². The van der Waals surface area contributed by atoms with Crippen molar-refractivity contribution in [1.29, 1.82) is 0 Å². The van der Waals surface area contributed by atoms with Gasteiger partial charge in [0.05, 0.1) is 19.3 Å². The number of hydrogen-bond acceptors (Lipinski definition) is 7. The number of methoxy groups -OCH3 is 1. The Labute approximate surface area is 285 Å². The molecule has 0 spiro atoms. The maximum absolute atomic E-state index is 13.4. The van der Waals surface area contributed by atoms with Crippen LogP contribution in [0.4, 0.5) is 11.4 Å². The third kappa shape index (κ3) is 5.42. The van der Waals surface area contributed by atoms with E-state index >= 15 is 0 Å². The number of carbonyl (C=O) groups excluding carboxylic acids is 1. The summed E-state index contributed by atoms with van der Waals surface area (Å²) in [5.74, 6) is 2.95. The van der Waals surface area contributed by atoms with Gasteiger partial charge in [0.2, 0.25) is 0 Å². The number of nitrogen functional groups attached to an aromatic ring is 1. The van der Waals surface area contributed by atoms with E-state index in [1.165, 1.54) is 0 Å². The molecule has 11 nitrogen and oxygen atoms in total. The van der Waals surface area contributed by atoms with E-state index in [1.54, 1.807) is 13.3 Å². The highest BCUT2D eigenvalue weighted by atomic mass is 16.5. The summed E-state index contributed by atoms with van der Waals surface area (Å²) in [6.07, 6.45) is 8.36. The third-order valence-corrected chi connectivity index (χ3v) is 10.6. The highest BCUT2D eigenvalue weighted by Crippen LogP contribution is 2.41. The molecule has 0 saturated heterocycles. The number of fused-ring (bicyclic) bond motifs is 3. The van der Waals surface area contributed by atoms with Crippen LogP contribution in [-0.2, 0) is 20.1 Å². The van der Waals surface area contributed by atoms with Gasteiger partial charge in [-0.05, 0) is 61.6 Å². The second kappa shape index (κ2) is 12.4. The van der Waals surface area contributed by atoms with Gasteiger partial charge in [0.1, 0.15) is 28.7 Å². The van der Waals surface area contributed by atoms with Gasteiger partial charge in [-0.25, -0.2) is 4.98 Å². The van der Waals surface area contributed by atoms with E-state index in [1.807, 2.05) is 66.2 Å². The number of rotatable bonds is 7. The monoisotopic (exact) mass is 657 g/mol. The van der Waals surface area contributed by atoms with E-state index in [2.05, 4.69) is 49.6 Å². The molecule has 49 heavy (non-hydrogen) atoms. The van der Waals surface area contributed by atoms with Crippen molar-refractivity contribution in [2.75, 3.05) is 24.7 Å². The first-order valence-electron chi connectivity index (χ1n) is 17.3. The molecule has 6 aromatic rings. The summed E-state index contributed by atoms with van der Waals surface area (Å²) in [6.45, 7) is 7.23. The smallest absolute Gasteiger partial charge is 0.272 e. The van der Waals surface area contributed by atoms with Gasteiger partial charge in [0.15, 0.2) is 0 Å². The van der Waals surface area contributed by atoms with Crippen LogP contribution in [0.5, 0.6) is 5.75 Å². The molecule has 8 rings (SSSR count). The van der Waals surface area contributed by atoms with E-state index < -0.39 is 0 Å². The lowest BCUT2D eigenvalue weighted by Crippen LogP contribution is -2.43. The van der Waals surface area contributed by atoms with E-state index in [0.717, 1.165) is 90.0 Å². The summed E-state index contributed by atoms with van der Waals surface area (Å²) in [5.41, 5.74) is 12.4. The van der Waals surface area contributed by atoms with Crippen molar-refractivity contribution in [3.63, 3.8) is 0 Å². The van der Waals surface area contributed by atoms with Gasteiger partial charge in [0, 0.05) is 78.1 Å². The number of nitrogens with two attached hydrogens (primary N) is 1. The van der Waals surface area contributed by atoms with Gasteiger partial charge in [-0.1, -0.05) is 38.1 Å². The predicted molar refractivity (Wildman–Crippen MR) is 193 cm³/mol. The molecule has 2 aromatic carbocycles. The SMILES string of the molecule is COc1cc(-c2cn(C3CCC(N4CCn5c(nnc5C(C)C)C4)CC3)c3nccc(N)c23)ccc1NC(=O)c1cc2ccccc2n1C. The quantitative estimate of drug-likeness (QED) is 0.195. The molecule has 2 aliphatic rings. The Morgan fingerprint density at radius 3 is 2.57 bits per heavy atom. The molecule has 5 heterocycles. The number of carbonyl (C=O) groups is 1. The molecular formula is C38H43N9O2. The van der Waals surface area contributed by atoms with Crippen LogP contribution in [-0.4, -0.2) is 59.4 Å². The highest BCUT2D eigenvalue weighted by molar-refractivity contribution is 6.07. The third-order valence-electron chi connectivity index (χ3n) is 10.6. The summed E-state index contributed by atoms with van der Waals surface area (Å²) in [4.78, 5) is 20.8. The van der Waals surface area contributed by atoms with Crippen molar-refractivity contribution in [3.8, 4) is 16.9 Å². The van der Waals surface area contributed by atoms with Crippen LogP contribution in [0.25, 0.3) is 33.1 Å². The van der Waals surface area contributed by atoms with Crippen LogP contribution in [0.1, 0.15) is 73.6 Å². The molecule has 252 valence electrons. The van der Waals surface area contributed by atoms with Crippen molar-refractivity contribution >= 4 is 39.2 Å². The molecule has 11 heteroatoms. The number of ether oxygens (including phenoxy) is 1. The molecule has 0 unspecified atom stereocenters. The van der Waals surface area contributed by atoms with Crippen LogP contribution in [0.15, 0.2) is 67.0 Å². The number of para-hydroxylation sites is 1. The molecule has 1 aliphatic heterocycles. The predicted octanol–water partition coefficient (Wildman–Crippen LogP) is 6.75. The Morgan fingerprint density at radius 1 is 1.00 bits per heavy atom. The Hall–Kier alpha value is -5.16. The minimum absolute atomic E-state index is 0.197. The first-order chi connectivity index (χ1) is 23.8. The van der Waals surface area contributed by atoms with Crippen LogP contribution in [0.2, 0.25) is 0 Å². The van der Waals surface area contributed by atoms with E-state index in [4.69, 9.17) is 15.5 Å². The summed E-state index contributed by atoms with van der Waals surface area (Å²) < 4.78 is 12.4. The highest BCUT2D eigenvalue weighted by Gasteiger charge is 2.32. The fourth-order valence-corrected chi connectivity index (χ4v) is 7.99. The molecule has 0 radical (unpaired) electrons. The summed E-state index contributed by atoms with van der Waals surface area (Å²) in [5, 5.41) is 14.0. The van der Waals surface area contributed by atoms with Gasteiger partial charge in [-0.15, -0.1) is 10.2 Å². The number of amides is 1. The van der Waals surface area contributed by atoms with Crippen LogP contribution < -0.4 is 15.8 Å². The molecule has 0 bridgehead atoms. The average Bonchev–Trinajstić information content (AvgIpc) is 3.83. The molecule has 0 atom stereocenters. The number of pyridine rings is 1. The van der Waals surface area contributed by atoms with E-state index in [0.29, 0.717) is 40.8 Å². The average molecular weight is 658 g/mol. The van der Waals surface area contributed by atoms with Crippen molar-refractivity contribution < 1.29 is 9.53 Å². The van der Waals surface area contributed by atoms with Crippen molar-refractivity contribution in [1.82, 2.24) is 33.8 Å². The first-order valence-corrected chi connectivity index (χ1v) is 17.3. The standard InChI is InChI=1S/C38H43N9O2/c1-23(2)36-43-42-34-22-45(17-18-46(34)36)26-10-12-27(13-11-26)47-21-28(35-29(39)15-16-40-37(35)47)24-9-14-30(33(20-24)49-4)41-38(48)32-19-25-7-5-6-8-31(25)44(32)3/h5-9,14-16,19-21,23,26-27H,10-13,17-18,22H2,1-4H3,(H2,39,40)(H,41,48). The number of aryl methyl sites for hydroxylation is 1. The second-order valence-electron chi connectivity index (χ2n) is 13.8. The zero-order valence-corrected chi connectivity index (χ0v) is 28.6. The molecule has 1 fully saturated rings. The lowest BCUT2D eigenvalue weighted by molar-refractivity contribution is 0.101. The minimum Gasteiger partial charge on any atom is -0.495 e. The molecule has 1 amide bonds. The van der Waals surface area contributed by atoms with Gasteiger partial charge in [-0.3, -0.25) is 9.69 Å². The Kier molecular flexibility index (Phi) is 7.86. The summed E-state index contributed by atoms with van der Waals surface area (Å²) in [6, 6.07) is 18.5. The lowest BCUT2D eigenvalue weighted by Gasteiger charge is -2.39. The fraction of sp³-hybridized carbons (Fsp3) is 0.368. The number of aromatic nitrogens is 6. The normalized spacial score (nSPS) is 18.3. The van der Waals surface area contributed by atoms with Crippen LogP contribution >= 0.6 is 0 Å². The minimum atomic E-state index is -0.197. The van der Waals surface area contributed by atoms with Crippen molar-refractivity contribution in [3.05, 3.63) is 84.3 Å². The molecule has 3 N–H and O–H groups in total. The topological polar surface area (TPSA) is 121 Å². The maximum Gasteiger partial charge on any atom is 0.272 e. The Balaban J connectivity index is 1.03. The zero-order valence-electron chi connectivity index (χ0n) is 28.6. The number of nitrogens with one attached hydrogen (secondary N) is 1. The van der Waals surface area contributed by atoms with Crippen LogP contribution in [0, 0.1) is 0 Å². The van der Waals surface area contributed by atoms with Gasteiger partial charge in [-0.2, -0.15) is 0 Å². The molecular weight excluding hydrogens is 614 g/mol. The fourth-order valence-electron chi connectivity index (χ4n) is 7.99. The van der Waals surface area contributed by atoms with E-state index in [-0.39, 0.29) is 5.91 Å². The van der Waals surface area contributed by atoms with Crippen LogP contribution in [0.3, 0.4) is 0 Å². The largest absolute Gasteiger partial charge is 0.495 e. The summed E-state index contributed by atoms with van der Waals surface area (Å²) >= 11 is 0. The van der Waals surface area contributed by atoms with Gasteiger partial charge < -0.3 is 29.5 Å². The number of nitrogens with zero attached hydrogens (tertiary/aromatic N) is 7. The van der Waals surface area contributed by atoms with E-state index in [9.17, 15) is 4.79 Å². The second-order valence-corrected chi connectivity index (χ2v) is 13.8. The number of hydrogen-bond donors (Lipinski definition) is 2.